The van der Waals surface area contributed by atoms with Crippen LogP contribution in [-0.2, 0) is 13.0 Å². The van der Waals surface area contributed by atoms with Crippen LogP contribution in [0, 0.1) is 0 Å². The summed E-state index contributed by atoms with van der Waals surface area (Å²) in [5.41, 5.74) is 4.42. The summed E-state index contributed by atoms with van der Waals surface area (Å²) in [6.07, 6.45) is 2.55. The number of nitrogens with one attached hydrogen (secondary N) is 2. The summed E-state index contributed by atoms with van der Waals surface area (Å²) in [7, 11) is 0. The summed E-state index contributed by atoms with van der Waals surface area (Å²) < 4.78 is 0. The summed E-state index contributed by atoms with van der Waals surface area (Å²) >= 11 is 0. The zero-order valence-electron chi connectivity index (χ0n) is 14.2. The third-order valence-electron chi connectivity index (χ3n) is 3.98. The van der Waals surface area contributed by atoms with Crippen molar-refractivity contribution in [3.05, 3.63) is 89.7 Å². The minimum absolute atomic E-state index is 0.199. The maximum atomic E-state index is 12.4. The van der Waals surface area contributed by atoms with E-state index in [1.807, 2.05) is 48.5 Å². The number of para-hydroxylation sites is 1. The fourth-order valence-electron chi connectivity index (χ4n) is 2.57. The van der Waals surface area contributed by atoms with Crippen LogP contribution in [0.5, 0.6) is 0 Å². The second kappa shape index (κ2) is 8.11. The van der Waals surface area contributed by atoms with E-state index in [2.05, 4.69) is 34.7 Å². The second-order valence-corrected chi connectivity index (χ2v) is 5.74. The van der Waals surface area contributed by atoms with E-state index in [1.54, 1.807) is 12.3 Å². The lowest BCUT2D eigenvalue weighted by molar-refractivity contribution is 0.102. The van der Waals surface area contributed by atoms with Crippen LogP contribution in [0.2, 0.25) is 0 Å². The second-order valence-electron chi connectivity index (χ2n) is 5.74. The molecule has 1 amide bonds. The molecule has 0 spiro atoms. The summed E-state index contributed by atoms with van der Waals surface area (Å²) in [6, 6.07) is 21.6. The molecule has 0 atom stereocenters. The quantitative estimate of drug-likeness (QED) is 0.699. The number of aromatic nitrogens is 1. The molecule has 3 rings (SSSR count). The van der Waals surface area contributed by atoms with Gasteiger partial charge >= 0.3 is 0 Å². The van der Waals surface area contributed by atoms with Crippen LogP contribution in [-0.4, -0.2) is 10.9 Å². The molecular weight excluding hydrogens is 310 g/mol. The van der Waals surface area contributed by atoms with Gasteiger partial charge in [0.15, 0.2) is 0 Å². The van der Waals surface area contributed by atoms with E-state index in [9.17, 15) is 4.79 Å². The molecule has 4 heteroatoms. The van der Waals surface area contributed by atoms with E-state index in [-0.39, 0.29) is 5.91 Å². The predicted molar refractivity (Wildman–Crippen MR) is 102 cm³/mol. The molecule has 1 heterocycles. The third kappa shape index (κ3) is 4.44. The minimum Gasteiger partial charge on any atom is -0.380 e. The first-order chi connectivity index (χ1) is 12.3. The van der Waals surface area contributed by atoms with Gasteiger partial charge in [0, 0.05) is 12.2 Å². The van der Waals surface area contributed by atoms with Gasteiger partial charge in [0.25, 0.3) is 5.91 Å². The number of anilines is 2. The Morgan fingerprint density at radius 1 is 0.960 bits per heavy atom. The van der Waals surface area contributed by atoms with Gasteiger partial charge in [0.2, 0.25) is 0 Å². The van der Waals surface area contributed by atoms with Gasteiger partial charge in [0.05, 0.1) is 11.9 Å². The molecule has 0 aliphatic heterocycles. The SMILES string of the molecule is CCc1ccccc1NC(=O)c1ccc(NCc2ccccc2)cn1. The van der Waals surface area contributed by atoms with Crippen LogP contribution >= 0.6 is 0 Å². The zero-order valence-corrected chi connectivity index (χ0v) is 14.2. The minimum atomic E-state index is -0.199. The maximum Gasteiger partial charge on any atom is 0.274 e. The molecule has 3 aromatic rings. The van der Waals surface area contributed by atoms with Gasteiger partial charge in [-0.3, -0.25) is 4.79 Å². The number of aryl methyl sites for hydroxylation is 1. The summed E-state index contributed by atoms with van der Waals surface area (Å²) in [4.78, 5) is 16.6. The first-order valence-electron chi connectivity index (χ1n) is 8.39. The Bertz CT molecular complexity index is 829. The number of hydrogen-bond acceptors (Lipinski definition) is 3. The lowest BCUT2D eigenvalue weighted by atomic mass is 10.1. The van der Waals surface area contributed by atoms with Crippen LogP contribution in [0.15, 0.2) is 72.9 Å². The Hall–Kier alpha value is -3.14. The van der Waals surface area contributed by atoms with Crippen molar-refractivity contribution in [2.24, 2.45) is 0 Å². The van der Waals surface area contributed by atoms with E-state index >= 15 is 0 Å². The molecule has 0 saturated heterocycles. The largest absolute Gasteiger partial charge is 0.380 e. The molecule has 25 heavy (non-hydrogen) atoms. The Kier molecular flexibility index (Phi) is 5.42. The number of benzene rings is 2. The van der Waals surface area contributed by atoms with Crippen LogP contribution in [0.4, 0.5) is 11.4 Å². The third-order valence-corrected chi connectivity index (χ3v) is 3.98. The first-order valence-corrected chi connectivity index (χ1v) is 8.39. The summed E-state index contributed by atoms with van der Waals surface area (Å²) in [6.45, 7) is 2.79. The first kappa shape index (κ1) is 16.7. The fourth-order valence-corrected chi connectivity index (χ4v) is 2.57. The molecule has 0 saturated carbocycles. The number of carbonyl (C=O) groups excluding carboxylic acids is 1. The zero-order chi connectivity index (χ0) is 17.5. The molecule has 0 bridgehead atoms. The van der Waals surface area contributed by atoms with Crippen molar-refractivity contribution in [1.82, 2.24) is 4.98 Å². The van der Waals surface area contributed by atoms with Crippen molar-refractivity contribution in [1.29, 1.82) is 0 Å². The van der Waals surface area contributed by atoms with E-state index in [1.165, 1.54) is 5.56 Å². The molecule has 126 valence electrons. The van der Waals surface area contributed by atoms with Crippen LogP contribution in [0.1, 0.15) is 28.5 Å². The maximum absolute atomic E-state index is 12.4. The Labute approximate surface area is 147 Å². The van der Waals surface area contributed by atoms with E-state index < -0.39 is 0 Å². The van der Waals surface area contributed by atoms with Crippen molar-refractivity contribution < 1.29 is 4.79 Å². The normalized spacial score (nSPS) is 10.3. The number of rotatable bonds is 6. The van der Waals surface area contributed by atoms with E-state index in [0.29, 0.717) is 5.69 Å². The molecule has 4 nitrogen and oxygen atoms in total. The molecule has 1 aromatic heterocycles. The average molecular weight is 331 g/mol. The molecule has 0 fully saturated rings. The van der Waals surface area contributed by atoms with E-state index in [0.717, 1.165) is 29.9 Å². The topological polar surface area (TPSA) is 54.0 Å². The number of nitrogens with zero attached hydrogens (tertiary/aromatic N) is 1. The number of carbonyl (C=O) groups is 1. The molecule has 0 unspecified atom stereocenters. The lowest BCUT2D eigenvalue weighted by Gasteiger charge is -2.10. The van der Waals surface area contributed by atoms with Gasteiger partial charge in [-0.25, -0.2) is 4.98 Å². The Morgan fingerprint density at radius 3 is 2.44 bits per heavy atom. The van der Waals surface area contributed by atoms with Gasteiger partial charge in [-0.1, -0.05) is 55.5 Å². The molecular formula is C21H21N3O. The van der Waals surface area contributed by atoms with Crippen LogP contribution in [0.3, 0.4) is 0 Å². The van der Waals surface area contributed by atoms with Crippen molar-refractivity contribution in [2.75, 3.05) is 10.6 Å². The molecule has 0 radical (unpaired) electrons. The van der Waals surface area contributed by atoms with Crippen LogP contribution in [0.25, 0.3) is 0 Å². The summed E-state index contributed by atoms with van der Waals surface area (Å²) in [5, 5.41) is 6.23. The Morgan fingerprint density at radius 2 is 1.72 bits per heavy atom. The highest BCUT2D eigenvalue weighted by molar-refractivity contribution is 6.03. The predicted octanol–water partition coefficient (Wildman–Crippen LogP) is 4.51. The smallest absolute Gasteiger partial charge is 0.274 e. The van der Waals surface area contributed by atoms with Gasteiger partial charge < -0.3 is 10.6 Å². The standard InChI is InChI=1S/C21H21N3O/c1-2-17-10-6-7-11-19(17)24-21(25)20-13-12-18(15-23-20)22-14-16-8-4-3-5-9-16/h3-13,15,22H,2,14H2,1H3,(H,24,25). The number of hydrogen-bond donors (Lipinski definition) is 2. The number of amides is 1. The highest BCUT2D eigenvalue weighted by Gasteiger charge is 2.09. The van der Waals surface area contributed by atoms with Crippen molar-refractivity contribution in [2.45, 2.75) is 19.9 Å². The van der Waals surface area contributed by atoms with E-state index in [4.69, 9.17) is 0 Å². The molecule has 0 aliphatic carbocycles. The van der Waals surface area contributed by atoms with Crippen molar-refractivity contribution in [3.63, 3.8) is 0 Å². The highest BCUT2D eigenvalue weighted by Crippen LogP contribution is 2.17. The monoisotopic (exact) mass is 331 g/mol. The van der Waals surface area contributed by atoms with Crippen molar-refractivity contribution in [3.8, 4) is 0 Å². The lowest BCUT2D eigenvalue weighted by Crippen LogP contribution is -2.14. The fraction of sp³-hybridized carbons (Fsp3) is 0.143. The Balaban J connectivity index is 1.62. The van der Waals surface area contributed by atoms with Crippen LogP contribution < -0.4 is 10.6 Å². The molecule has 0 aliphatic rings. The molecule has 2 N–H and O–H groups in total. The average Bonchev–Trinajstić information content (AvgIpc) is 2.68. The van der Waals surface area contributed by atoms with Gasteiger partial charge in [-0.05, 0) is 35.7 Å². The van der Waals surface area contributed by atoms with Gasteiger partial charge in [-0.15, -0.1) is 0 Å². The van der Waals surface area contributed by atoms with Gasteiger partial charge in [0.1, 0.15) is 5.69 Å². The molecule has 2 aromatic carbocycles. The summed E-state index contributed by atoms with van der Waals surface area (Å²) in [5.74, 6) is -0.199. The van der Waals surface area contributed by atoms with Gasteiger partial charge in [-0.2, -0.15) is 0 Å². The highest BCUT2D eigenvalue weighted by atomic mass is 16.1. The number of pyridine rings is 1. The van der Waals surface area contributed by atoms with Crippen molar-refractivity contribution >= 4 is 17.3 Å².